The molecule has 2 N–H and O–H groups in total. The first kappa shape index (κ1) is 19.7. The van der Waals surface area contributed by atoms with Crippen LogP contribution in [0.25, 0.3) is 11.1 Å². The summed E-state index contributed by atoms with van der Waals surface area (Å²) in [7, 11) is 0. The lowest BCUT2D eigenvalue weighted by Gasteiger charge is -2.26. The quantitative estimate of drug-likeness (QED) is 0.673. The van der Waals surface area contributed by atoms with Crippen LogP contribution < -0.4 is 15.6 Å². The van der Waals surface area contributed by atoms with Crippen molar-refractivity contribution >= 4 is 11.7 Å². The van der Waals surface area contributed by atoms with Gasteiger partial charge in [0.15, 0.2) is 5.69 Å². The summed E-state index contributed by atoms with van der Waals surface area (Å²) >= 11 is 0. The Labute approximate surface area is 174 Å². The van der Waals surface area contributed by atoms with Crippen LogP contribution in [0, 0.1) is 0 Å². The van der Waals surface area contributed by atoms with Crippen molar-refractivity contribution in [3.8, 4) is 17.0 Å². The molecule has 0 amide bonds. The first-order chi connectivity index (χ1) is 14.4. The van der Waals surface area contributed by atoms with Gasteiger partial charge in [0.05, 0.1) is 6.04 Å². The topological polar surface area (TPSA) is 93.5 Å². The molecule has 3 aromatic rings. The standard InChI is InChI=1S/C23H23N3O4/c1-14(2)15-3-5-16(6-4-15)17-7-9-18(10-8-17)19-12-30-22-21(25-19)23(29)26(13-24-22)11-20(27)28/h3-10,13-14,19,25H,11-12H2,1-2H3,(H,27,28)/t19-/m0/s1. The number of hydrogen-bond donors (Lipinski definition) is 2. The number of carbonyl (C=O) groups is 1. The Hall–Kier alpha value is -3.61. The lowest BCUT2D eigenvalue weighted by molar-refractivity contribution is -0.137. The van der Waals surface area contributed by atoms with E-state index in [1.807, 2.05) is 24.3 Å². The minimum atomic E-state index is -1.11. The van der Waals surface area contributed by atoms with Gasteiger partial charge >= 0.3 is 5.97 Å². The fraction of sp³-hybridized carbons (Fsp3) is 0.261. The van der Waals surface area contributed by atoms with Crippen LogP contribution in [0.5, 0.6) is 5.88 Å². The van der Waals surface area contributed by atoms with Gasteiger partial charge in [-0.1, -0.05) is 62.4 Å². The highest BCUT2D eigenvalue weighted by molar-refractivity contribution is 5.67. The van der Waals surface area contributed by atoms with E-state index in [1.165, 1.54) is 11.9 Å². The summed E-state index contributed by atoms with van der Waals surface area (Å²) in [6, 6.07) is 16.4. The van der Waals surface area contributed by atoms with Crippen molar-refractivity contribution in [2.45, 2.75) is 32.4 Å². The van der Waals surface area contributed by atoms with E-state index >= 15 is 0 Å². The van der Waals surface area contributed by atoms with Crippen LogP contribution in [-0.4, -0.2) is 27.2 Å². The third kappa shape index (κ3) is 3.91. The molecule has 0 saturated heterocycles. The molecule has 1 aliphatic heterocycles. The number of nitrogens with zero attached hydrogens (tertiary/aromatic N) is 2. The molecule has 7 heteroatoms. The second-order valence-corrected chi connectivity index (χ2v) is 7.66. The van der Waals surface area contributed by atoms with E-state index in [4.69, 9.17) is 9.84 Å². The molecule has 1 aromatic heterocycles. The number of benzene rings is 2. The summed E-state index contributed by atoms with van der Waals surface area (Å²) in [4.78, 5) is 27.5. The van der Waals surface area contributed by atoms with Gasteiger partial charge in [-0.05, 0) is 28.2 Å². The SMILES string of the molecule is CC(C)c1ccc(-c2ccc([C@@H]3COc4ncn(CC(=O)O)c(=O)c4N3)cc2)cc1. The molecule has 4 rings (SSSR count). The number of anilines is 1. The zero-order chi connectivity index (χ0) is 21.3. The van der Waals surface area contributed by atoms with Crippen LogP contribution in [0.4, 0.5) is 5.69 Å². The molecule has 0 fully saturated rings. The molecule has 1 aliphatic rings. The number of ether oxygens (including phenoxy) is 1. The van der Waals surface area contributed by atoms with E-state index in [2.05, 4.69) is 48.4 Å². The minimum Gasteiger partial charge on any atom is -0.480 e. The van der Waals surface area contributed by atoms with Crippen molar-refractivity contribution < 1.29 is 14.6 Å². The maximum absolute atomic E-state index is 12.6. The summed E-state index contributed by atoms with van der Waals surface area (Å²) in [5.41, 5.74) is 4.25. The van der Waals surface area contributed by atoms with Crippen LogP contribution in [0.1, 0.15) is 36.9 Å². The Bertz CT molecular complexity index is 1120. The normalized spacial score (nSPS) is 15.2. The Morgan fingerprint density at radius 2 is 1.80 bits per heavy atom. The van der Waals surface area contributed by atoms with Gasteiger partial charge in [0, 0.05) is 0 Å². The highest BCUT2D eigenvalue weighted by Crippen LogP contribution is 2.30. The second-order valence-electron chi connectivity index (χ2n) is 7.66. The van der Waals surface area contributed by atoms with Gasteiger partial charge in [-0.3, -0.25) is 14.2 Å². The van der Waals surface area contributed by atoms with Crippen LogP contribution in [0.3, 0.4) is 0 Å². The van der Waals surface area contributed by atoms with Crippen molar-refractivity contribution in [2.75, 3.05) is 11.9 Å². The number of hydrogen-bond acceptors (Lipinski definition) is 5. The third-order valence-electron chi connectivity index (χ3n) is 5.24. The molecule has 0 saturated carbocycles. The van der Waals surface area contributed by atoms with E-state index in [0.29, 0.717) is 12.5 Å². The van der Waals surface area contributed by atoms with Crippen LogP contribution in [-0.2, 0) is 11.3 Å². The lowest BCUT2D eigenvalue weighted by Crippen LogP contribution is -2.33. The smallest absolute Gasteiger partial charge is 0.323 e. The molecule has 30 heavy (non-hydrogen) atoms. The average molecular weight is 405 g/mol. The van der Waals surface area contributed by atoms with Crippen LogP contribution >= 0.6 is 0 Å². The summed E-state index contributed by atoms with van der Waals surface area (Å²) in [5.74, 6) is -0.417. The zero-order valence-electron chi connectivity index (χ0n) is 16.8. The number of fused-ring (bicyclic) bond motifs is 1. The van der Waals surface area contributed by atoms with E-state index in [0.717, 1.165) is 21.3 Å². The number of aliphatic carboxylic acids is 1. The first-order valence-corrected chi connectivity index (χ1v) is 9.83. The fourth-order valence-corrected chi connectivity index (χ4v) is 3.49. The first-order valence-electron chi connectivity index (χ1n) is 9.83. The average Bonchev–Trinajstić information content (AvgIpc) is 2.75. The van der Waals surface area contributed by atoms with Gasteiger partial charge in [-0.15, -0.1) is 0 Å². The number of carboxylic acids is 1. The Kier molecular flexibility index (Phi) is 5.27. The minimum absolute atomic E-state index is 0.184. The van der Waals surface area contributed by atoms with E-state index in [-0.39, 0.29) is 17.6 Å². The molecular formula is C23H23N3O4. The molecule has 2 heterocycles. The zero-order valence-corrected chi connectivity index (χ0v) is 16.8. The maximum atomic E-state index is 12.6. The van der Waals surface area contributed by atoms with E-state index in [9.17, 15) is 9.59 Å². The molecular weight excluding hydrogens is 382 g/mol. The summed E-state index contributed by atoms with van der Waals surface area (Å²) in [5, 5.41) is 12.1. The molecule has 2 aromatic carbocycles. The highest BCUT2D eigenvalue weighted by Gasteiger charge is 2.25. The Morgan fingerprint density at radius 3 is 2.40 bits per heavy atom. The predicted molar refractivity (Wildman–Crippen MR) is 114 cm³/mol. The molecule has 154 valence electrons. The van der Waals surface area contributed by atoms with Crippen molar-refractivity contribution in [3.05, 3.63) is 76.3 Å². The molecule has 1 atom stereocenters. The molecule has 0 aliphatic carbocycles. The lowest BCUT2D eigenvalue weighted by atomic mass is 9.97. The van der Waals surface area contributed by atoms with Gasteiger partial charge in [-0.25, -0.2) is 4.98 Å². The molecule has 0 bridgehead atoms. The Morgan fingerprint density at radius 1 is 1.17 bits per heavy atom. The highest BCUT2D eigenvalue weighted by atomic mass is 16.5. The van der Waals surface area contributed by atoms with Crippen molar-refractivity contribution in [1.29, 1.82) is 0 Å². The second kappa shape index (κ2) is 8.02. The van der Waals surface area contributed by atoms with Gasteiger partial charge < -0.3 is 15.2 Å². The van der Waals surface area contributed by atoms with Crippen LogP contribution in [0.2, 0.25) is 0 Å². The largest absolute Gasteiger partial charge is 0.480 e. The third-order valence-corrected chi connectivity index (χ3v) is 5.24. The molecule has 0 radical (unpaired) electrons. The van der Waals surface area contributed by atoms with E-state index < -0.39 is 18.1 Å². The fourth-order valence-electron chi connectivity index (χ4n) is 3.49. The van der Waals surface area contributed by atoms with E-state index in [1.54, 1.807) is 0 Å². The molecule has 7 nitrogen and oxygen atoms in total. The maximum Gasteiger partial charge on any atom is 0.323 e. The number of aromatic nitrogens is 2. The number of carboxylic acid groups (broad SMARTS) is 1. The van der Waals surface area contributed by atoms with Crippen LogP contribution in [0.15, 0.2) is 59.7 Å². The Balaban J connectivity index is 1.55. The summed E-state index contributed by atoms with van der Waals surface area (Å²) in [6.07, 6.45) is 1.19. The summed E-state index contributed by atoms with van der Waals surface area (Å²) in [6.45, 7) is 4.22. The summed E-state index contributed by atoms with van der Waals surface area (Å²) < 4.78 is 6.69. The predicted octanol–water partition coefficient (Wildman–Crippen LogP) is 3.66. The van der Waals surface area contributed by atoms with Crippen molar-refractivity contribution in [2.24, 2.45) is 0 Å². The number of nitrogens with one attached hydrogen (secondary N) is 1. The van der Waals surface area contributed by atoms with Gasteiger partial charge in [0.2, 0.25) is 5.88 Å². The van der Waals surface area contributed by atoms with Gasteiger partial charge in [0.25, 0.3) is 5.56 Å². The van der Waals surface area contributed by atoms with Gasteiger partial charge in [0.1, 0.15) is 19.5 Å². The molecule has 0 unspecified atom stereocenters. The van der Waals surface area contributed by atoms with Crippen molar-refractivity contribution in [1.82, 2.24) is 9.55 Å². The van der Waals surface area contributed by atoms with Crippen molar-refractivity contribution in [3.63, 3.8) is 0 Å². The monoisotopic (exact) mass is 405 g/mol. The number of rotatable bonds is 5. The van der Waals surface area contributed by atoms with Gasteiger partial charge in [-0.2, -0.15) is 0 Å². The molecule has 0 spiro atoms.